The zero-order valence-electron chi connectivity index (χ0n) is 12.5. The van der Waals surface area contributed by atoms with Crippen LogP contribution in [0.25, 0.3) is 11.2 Å². The van der Waals surface area contributed by atoms with Crippen LogP contribution in [0.4, 0.5) is 10.2 Å². The van der Waals surface area contributed by atoms with E-state index in [0.717, 1.165) is 0 Å². The molecular formula is C13H18FN5O3. The van der Waals surface area contributed by atoms with E-state index < -0.39 is 31.2 Å². The van der Waals surface area contributed by atoms with Gasteiger partial charge in [-0.2, -0.15) is 0 Å². The molecule has 9 heteroatoms. The fraction of sp³-hybridized carbons (Fsp3) is 0.615. The minimum absolute atomic E-state index is 0.426. The van der Waals surface area contributed by atoms with Crippen molar-refractivity contribution in [1.29, 1.82) is 0 Å². The van der Waals surface area contributed by atoms with Crippen LogP contribution in [-0.4, -0.2) is 68.8 Å². The molecule has 2 aromatic heterocycles. The maximum Gasteiger partial charge on any atom is 0.173 e. The fourth-order valence-electron chi connectivity index (χ4n) is 2.58. The lowest BCUT2D eigenvalue weighted by atomic mass is 10.1. The predicted molar refractivity (Wildman–Crippen MR) is 76.3 cm³/mol. The van der Waals surface area contributed by atoms with Gasteiger partial charge in [0, 0.05) is 14.1 Å². The number of aliphatic hydroxyl groups is 2. The average molecular weight is 311 g/mol. The van der Waals surface area contributed by atoms with Crippen LogP contribution in [0.5, 0.6) is 0 Å². The van der Waals surface area contributed by atoms with Crippen LogP contribution in [0.3, 0.4) is 0 Å². The molecule has 0 saturated carbocycles. The van der Waals surface area contributed by atoms with Crippen LogP contribution in [0, 0.1) is 6.92 Å². The van der Waals surface area contributed by atoms with E-state index in [9.17, 15) is 9.50 Å². The van der Waals surface area contributed by atoms with Gasteiger partial charge >= 0.3 is 0 Å². The first kappa shape index (κ1) is 15.1. The Balaban J connectivity index is 2.09. The summed E-state index contributed by atoms with van der Waals surface area (Å²) >= 11 is 0. The number of imidazole rings is 1. The van der Waals surface area contributed by atoms with Gasteiger partial charge in [0.15, 0.2) is 29.4 Å². The lowest BCUT2D eigenvalue weighted by Gasteiger charge is -2.16. The second-order valence-electron chi connectivity index (χ2n) is 5.50. The second-order valence-corrected chi connectivity index (χ2v) is 5.50. The Hall–Kier alpha value is -1.84. The smallest absolute Gasteiger partial charge is 0.173 e. The summed E-state index contributed by atoms with van der Waals surface area (Å²) in [7, 11) is 3.66. The number of aromatic nitrogens is 4. The molecule has 3 heterocycles. The highest BCUT2D eigenvalue weighted by molar-refractivity contribution is 5.83. The highest BCUT2D eigenvalue weighted by atomic mass is 19.1. The van der Waals surface area contributed by atoms with E-state index in [2.05, 4.69) is 15.0 Å². The first-order chi connectivity index (χ1) is 10.4. The van der Waals surface area contributed by atoms with Crippen LogP contribution in [-0.2, 0) is 4.74 Å². The highest BCUT2D eigenvalue weighted by Gasteiger charge is 2.45. The van der Waals surface area contributed by atoms with E-state index >= 15 is 0 Å². The molecule has 0 unspecified atom stereocenters. The number of fused-ring (bicyclic) bond motifs is 1. The molecule has 1 aliphatic heterocycles. The van der Waals surface area contributed by atoms with Gasteiger partial charge in [-0.25, -0.2) is 19.3 Å². The predicted octanol–water partition coefficient (Wildman–Crippen LogP) is -0.211. The zero-order chi connectivity index (χ0) is 16.0. The van der Waals surface area contributed by atoms with E-state index in [1.807, 2.05) is 14.1 Å². The van der Waals surface area contributed by atoms with E-state index in [-0.39, 0.29) is 0 Å². The molecule has 22 heavy (non-hydrogen) atoms. The van der Waals surface area contributed by atoms with Crippen LogP contribution in [0.1, 0.15) is 12.1 Å². The van der Waals surface area contributed by atoms with Crippen LogP contribution >= 0.6 is 0 Å². The van der Waals surface area contributed by atoms with E-state index in [0.29, 0.717) is 22.8 Å². The van der Waals surface area contributed by atoms with Crippen LogP contribution in [0.2, 0.25) is 0 Å². The maximum atomic E-state index is 14.3. The molecule has 2 aromatic rings. The van der Waals surface area contributed by atoms with Gasteiger partial charge in [0.1, 0.15) is 18.0 Å². The molecule has 0 radical (unpaired) electrons. The minimum atomic E-state index is -1.67. The molecule has 3 rings (SSSR count). The van der Waals surface area contributed by atoms with E-state index in [4.69, 9.17) is 9.84 Å². The SMILES string of the molecule is Cc1nc(N(C)C)c2ncn([C@@H]3O[C@H](CO)[C@@H](O)[C@@H]3F)c2n1. The topological polar surface area (TPSA) is 96.5 Å². The van der Waals surface area contributed by atoms with Gasteiger partial charge in [-0.05, 0) is 6.92 Å². The number of nitrogens with zero attached hydrogens (tertiary/aromatic N) is 5. The summed E-state index contributed by atoms with van der Waals surface area (Å²) in [4.78, 5) is 14.7. The molecule has 8 nitrogen and oxygen atoms in total. The first-order valence-electron chi connectivity index (χ1n) is 6.91. The Labute approximate surface area is 126 Å². The van der Waals surface area contributed by atoms with Gasteiger partial charge in [0.2, 0.25) is 0 Å². The minimum Gasteiger partial charge on any atom is -0.394 e. The van der Waals surface area contributed by atoms with E-state index in [1.54, 1.807) is 11.8 Å². The summed E-state index contributed by atoms with van der Waals surface area (Å²) in [6.07, 6.45) is -3.69. The Morgan fingerprint density at radius 2 is 2.14 bits per heavy atom. The van der Waals surface area contributed by atoms with Crippen molar-refractivity contribution in [3.8, 4) is 0 Å². The standard InChI is InChI=1S/C13H18FN5O3/c1-6-16-11(18(2)3)9-12(17-6)19(5-15-9)13-8(14)10(21)7(4-20)22-13/h5,7-8,10,13,20-21H,4H2,1-3H3/t7-,8+,10-,13-/m1/s1. The van der Waals surface area contributed by atoms with Crippen molar-refractivity contribution >= 4 is 17.0 Å². The number of hydrogen-bond donors (Lipinski definition) is 2. The number of alkyl halides is 1. The Bertz CT molecular complexity index is 692. The van der Waals surface area contributed by atoms with Gasteiger partial charge in [-0.3, -0.25) is 4.57 Å². The monoisotopic (exact) mass is 311 g/mol. The van der Waals surface area contributed by atoms with Crippen molar-refractivity contribution in [1.82, 2.24) is 19.5 Å². The number of ether oxygens (including phenoxy) is 1. The molecule has 0 aliphatic carbocycles. The van der Waals surface area contributed by atoms with Crippen LogP contribution in [0.15, 0.2) is 6.33 Å². The Morgan fingerprint density at radius 3 is 2.73 bits per heavy atom. The summed E-state index contributed by atoms with van der Waals surface area (Å²) in [5, 5.41) is 18.9. The number of rotatable bonds is 3. The van der Waals surface area contributed by atoms with Crippen molar-refractivity contribution in [2.45, 2.75) is 31.5 Å². The molecule has 0 bridgehead atoms. The Morgan fingerprint density at radius 1 is 1.41 bits per heavy atom. The van der Waals surface area contributed by atoms with Gasteiger partial charge in [-0.15, -0.1) is 0 Å². The first-order valence-corrected chi connectivity index (χ1v) is 6.91. The van der Waals surface area contributed by atoms with Crippen molar-refractivity contribution < 1.29 is 19.3 Å². The molecule has 120 valence electrons. The largest absolute Gasteiger partial charge is 0.394 e. The molecule has 2 N–H and O–H groups in total. The number of aliphatic hydroxyl groups excluding tert-OH is 2. The second kappa shape index (κ2) is 5.41. The normalized spacial score (nSPS) is 28.5. The van der Waals surface area contributed by atoms with Crippen molar-refractivity contribution in [3.05, 3.63) is 12.2 Å². The lowest BCUT2D eigenvalue weighted by Crippen LogP contribution is -2.30. The number of halogens is 1. The number of anilines is 1. The summed E-state index contributed by atoms with van der Waals surface area (Å²) in [5.74, 6) is 1.14. The van der Waals surface area contributed by atoms with Crippen LogP contribution < -0.4 is 4.90 Å². The van der Waals surface area contributed by atoms with Crippen molar-refractivity contribution in [3.63, 3.8) is 0 Å². The molecule has 1 fully saturated rings. The summed E-state index contributed by atoms with van der Waals surface area (Å²) in [6, 6.07) is 0. The van der Waals surface area contributed by atoms with E-state index in [1.165, 1.54) is 10.9 Å². The fourth-order valence-corrected chi connectivity index (χ4v) is 2.58. The van der Waals surface area contributed by atoms with Gasteiger partial charge in [-0.1, -0.05) is 0 Å². The molecule has 1 aliphatic rings. The quantitative estimate of drug-likeness (QED) is 0.809. The maximum absolute atomic E-state index is 14.3. The molecular weight excluding hydrogens is 293 g/mol. The molecule has 0 spiro atoms. The molecule has 0 amide bonds. The molecule has 1 saturated heterocycles. The number of aryl methyl sites for hydroxylation is 1. The van der Waals surface area contributed by atoms with Gasteiger partial charge < -0.3 is 19.8 Å². The third-order valence-electron chi connectivity index (χ3n) is 3.69. The zero-order valence-corrected chi connectivity index (χ0v) is 12.5. The summed E-state index contributed by atoms with van der Waals surface area (Å²) < 4.78 is 21.1. The third-order valence-corrected chi connectivity index (χ3v) is 3.69. The van der Waals surface area contributed by atoms with Gasteiger partial charge in [0.05, 0.1) is 12.9 Å². The van der Waals surface area contributed by atoms with Crippen molar-refractivity contribution in [2.24, 2.45) is 0 Å². The highest BCUT2D eigenvalue weighted by Crippen LogP contribution is 2.34. The third kappa shape index (κ3) is 2.21. The molecule has 4 atom stereocenters. The van der Waals surface area contributed by atoms with Gasteiger partial charge in [0.25, 0.3) is 0 Å². The number of hydrogen-bond acceptors (Lipinski definition) is 7. The lowest BCUT2D eigenvalue weighted by molar-refractivity contribution is -0.0459. The van der Waals surface area contributed by atoms with Crippen molar-refractivity contribution in [2.75, 3.05) is 25.6 Å². The summed E-state index contributed by atoms with van der Waals surface area (Å²) in [6.45, 7) is 1.28. The molecule has 0 aromatic carbocycles. The Kier molecular flexibility index (Phi) is 3.71. The summed E-state index contributed by atoms with van der Waals surface area (Å²) in [5.41, 5.74) is 0.947. The average Bonchev–Trinajstić information content (AvgIpc) is 3.00.